The number of hydrogen-bond donors (Lipinski definition) is 1. The number of carbonyl (C=O) groups is 1. The van der Waals surface area contributed by atoms with E-state index in [9.17, 15) is 4.79 Å². The summed E-state index contributed by atoms with van der Waals surface area (Å²) in [5, 5.41) is 8.01. The molecule has 1 aromatic carbocycles. The number of alkyl halides is 1. The molecule has 0 unspecified atom stereocenters. The number of ether oxygens (including phenoxy) is 1. The van der Waals surface area contributed by atoms with Gasteiger partial charge in [-0.15, -0.1) is 11.6 Å². The number of hydrogen-bond acceptors (Lipinski definition) is 4. The number of nitrogens with zero attached hydrogens (tertiary/aromatic N) is 3. The van der Waals surface area contributed by atoms with Crippen molar-refractivity contribution < 1.29 is 9.53 Å². The minimum Gasteiger partial charge on any atom is -0.448 e. The maximum Gasteiger partial charge on any atom is 0.411 e. The highest BCUT2D eigenvalue weighted by molar-refractivity contribution is 6.18. The van der Waals surface area contributed by atoms with Crippen LogP contribution in [-0.2, 0) is 4.74 Å². The summed E-state index contributed by atoms with van der Waals surface area (Å²) in [5.74, 6) is 0.258. The Kier molecular flexibility index (Phi) is 4.43. The molecule has 3 rings (SSSR count). The molecule has 23 heavy (non-hydrogen) atoms. The zero-order valence-electron chi connectivity index (χ0n) is 12.5. The number of halogens is 1. The summed E-state index contributed by atoms with van der Waals surface area (Å²) in [5.41, 5.74) is 3.04. The predicted molar refractivity (Wildman–Crippen MR) is 89.3 cm³/mol. The molecule has 7 heteroatoms. The second-order valence-corrected chi connectivity index (χ2v) is 5.26. The van der Waals surface area contributed by atoms with Crippen LogP contribution in [0, 0.1) is 6.92 Å². The lowest BCUT2D eigenvalue weighted by Crippen LogP contribution is -2.15. The molecule has 2 aromatic heterocycles. The molecule has 2 heterocycles. The SMILES string of the molecule is Cc1nn(-c2ccccc2)c2ncc(NC(=O)OCCCl)cc12. The van der Waals surface area contributed by atoms with Gasteiger partial charge in [-0.25, -0.2) is 14.5 Å². The fourth-order valence-corrected chi connectivity index (χ4v) is 2.32. The monoisotopic (exact) mass is 330 g/mol. The first kappa shape index (κ1) is 15.3. The Morgan fingerprint density at radius 2 is 2.13 bits per heavy atom. The van der Waals surface area contributed by atoms with Gasteiger partial charge in [-0.1, -0.05) is 18.2 Å². The predicted octanol–water partition coefficient (Wildman–Crippen LogP) is 3.52. The third-order valence-electron chi connectivity index (χ3n) is 3.26. The van der Waals surface area contributed by atoms with Crippen molar-refractivity contribution in [2.24, 2.45) is 0 Å². The van der Waals surface area contributed by atoms with Gasteiger partial charge in [0.05, 0.1) is 29.1 Å². The van der Waals surface area contributed by atoms with Crippen molar-refractivity contribution in [3.8, 4) is 5.69 Å². The van der Waals surface area contributed by atoms with Crippen molar-refractivity contribution in [3.63, 3.8) is 0 Å². The summed E-state index contributed by atoms with van der Waals surface area (Å²) in [6.45, 7) is 2.06. The van der Waals surface area contributed by atoms with Crippen molar-refractivity contribution >= 4 is 34.4 Å². The van der Waals surface area contributed by atoms with Gasteiger partial charge in [0.25, 0.3) is 0 Å². The zero-order valence-corrected chi connectivity index (χ0v) is 13.2. The maximum atomic E-state index is 11.6. The summed E-state index contributed by atoms with van der Waals surface area (Å²) in [4.78, 5) is 16.0. The molecule has 0 spiro atoms. The second kappa shape index (κ2) is 6.66. The van der Waals surface area contributed by atoms with E-state index in [1.54, 1.807) is 10.9 Å². The van der Waals surface area contributed by atoms with Gasteiger partial charge >= 0.3 is 6.09 Å². The minimum atomic E-state index is -0.556. The Labute approximate surface area is 138 Å². The van der Waals surface area contributed by atoms with E-state index in [1.807, 2.05) is 43.3 Å². The summed E-state index contributed by atoms with van der Waals surface area (Å²) in [6, 6.07) is 11.6. The highest BCUT2D eigenvalue weighted by atomic mass is 35.5. The van der Waals surface area contributed by atoms with Crippen LogP contribution in [0.5, 0.6) is 0 Å². The number of fused-ring (bicyclic) bond motifs is 1. The first-order valence-electron chi connectivity index (χ1n) is 7.09. The molecule has 3 aromatic rings. The second-order valence-electron chi connectivity index (χ2n) is 4.88. The zero-order chi connectivity index (χ0) is 16.2. The molecule has 1 N–H and O–H groups in total. The molecule has 0 bridgehead atoms. The van der Waals surface area contributed by atoms with Crippen LogP contribution in [0.25, 0.3) is 16.7 Å². The van der Waals surface area contributed by atoms with E-state index in [0.29, 0.717) is 5.69 Å². The minimum absolute atomic E-state index is 0.161. The lowest BCUT2D eigenvalue weighted by atomic mass is 10.2. The highest BCUT2D eigenvalue weighted by Gasteiger charge is 2.12. The van der Waals surface area contributed by atoms with Gasteiger partial charge in [0.1, 0.15) is 6.61 Å². The Morgan fingerprint density at radius 3 is 2.87 bits per heavy atom. The Balaban J connectivity index is 1.92. The van der Waals surface area contributed by atoms with E-state index >= 15 is 0 Å². The molecule has 1 amide bonds. The van der Waals surface area contributed by atoms with Gasteiger partial charge in [0.15, 0.2) is 5.65 Å². The lowest BCUT2D eigenvalue weighted by Gasteiger charge is -2.06. The molecular formula is C16H15ClN4O2. The van der Waals surface area contributed by atoms with Gasteiger partial charge < -0.3 is 4.74 Å². The number of carbonyl (C=O) groups excluding carboxylic acids is 1. The van der Waals surface area contributed by atoms with Crippen LogP contribution >= 0.6 is 11.6 Å². The number of amides is 1. The maximum absolute atomic E-state index is 11.6. The molecule has 6 nitrogen and oxygen atoms in total. The number of rotatable bonds is 4. The third kappa shape index (κ3) is 3.27. The Hall–Kier alpha value is -2.60. The molecule has 0 fully saturated rings. The molecule has 0 saturated carbocycles. The van der Waals surface area contributed by atoms with E-state index in [2.05, 4.69) is 15.4 Å². The molecule has 0 radical (unpaired) electrons. The molecular weight excluding hydrogens is 316 g/mol. The summed E-state index contributed by atoms with van der Waals surface area (Å²) in [6.07, 6.45) is 1.02. The van der Waals surface area contributed by atoms with Gasteiger partial charge in [-0.05, 0) is 25.1 Å². The first-order valence-corrected chi connectivity index (χ1v) is 7.63. The highest BCUT2D eigenvalue weighted by Crippen LogP contribution is 2.22. The number of aromatic nitrogens is 3. The number of benzene rings is 1. The van der Waals surface area contributed by atoms with Crippen molar-refractivity contribution in [3.05, 3.63) is 48.3 Å². The summed E-state index contributed by atoms with van der Waals surface area (Å²) < 4.78 is 6.66. The fraction of sp³-hybridized carbons (Fsp3) is 0.188. The smallest absolute Gasteiger partial charge is 0.411 e. The van der Waals surface area contributed by atoms with Gasteiger partial charge in [-0.3, -0.25) is 5.32 Å². The molecule has 0 aliphatic heterocycles. The van der Waals surface area contributed by atoms with Crippen LogP contribution in [0.1, 0.15) is 5.69 Å². The average Bonchev–Trinajstić information content (AvgIpc) is 2.90. The molecule has 0 aliphatic carbocycles. The topological polar surface area (TPSA) is 69.0 Å². The summed E-state index contributed by atoms with van der Waals surface area (Å²) in [7, 11) is 0. The Bertz CT molecular complexity index is 833. The number of para-hydroxylation sites is 1. The van der Waals surface area contributed by atoms with Crippen molar-refractivity contribution in [1.29, 1.82) is 0 Å². The average molecular weight is 331 g/mol. The van der Waals surface area contributed by atoms with Crippen LogP contribution in [0.3, 0.4) is 0 Å². The van der Waals surface area contributed by atoms with Crippen LogP contribution in [0.15, 0.2) is 42.6 Å². The first-order chi connectivity index (χ1) is 11.2. The summed E-state index contributed by atoms with van der Waals surface area (Å²) >= 11 is 5.48. The van der Waals surface area contributed by atoms with Crippen molar-refractivity contribution in [2.45, 2.75) is 6.92 Å². The quantitative estimate of drug-likeness (QED) is 0.743. The van der Waals surface area contributed by atoms with Gasteiger partial charge in [0.2, 0.25) is 0 Å². The molecule has 118 valence electrons. The van der Waals surface area contributed by atoms with E-state index in [4.69, 9.17) is 16.3 Å². The van der Waals surface area contributed by atoms with Gasteiger partial charge in [-0.2, -0.15) is 5.10 Å². The Morgan fingerprint density at radius 1 is 1.35 bits per heavy atom. The number of nitrogens with one attached hydrogen (secondary N) is 1. The molecule has 0 saturated heterocycles. The van der Waals surface area contributed by atoms with Gasteiger partial charge in [0, 0.05) is 5.39 Å². The van der Waals surface area contributed by atoms with Crippen molar-refractivity contribution in [1.82, 2.24) is 14.8 Å². The number of pyridine rings is 1. The van der Waals surface area contributed by atoms with E-state index < -0.39 is 6.09 Å². The van der Waals surface area contributed by atoms with Crippen LogP contribution in [-0.4, -0.2) is 33.3 Å². The standard InChI is InChI=1S/C16H15ClN4O2/c1-11-14-9-12(19-16(22)23-8-7-17)10-18-15(14)21(20-11)13-5-3-2-4-6-13/h2-6,9-10H,7-8H2,1H3,(H,19,22). The number of aryl methyl sites for hydroxylation is 1. The fourth-order valence-electron chi connectivity index (χ4n) is 2.25. The van der Waals surface area contributed by atoms with Crippen LogP contribution in [0.2, 0.25) is 0 Å². The lowest BCUT2D eigenvalue weighted by molar-refractivity contribution is 0.168. The number of anilines is 1. The van der Waals surface area contributed by atoms with Crippen LogP contribution in [0.4, 0.5) is 10.5 Å². The van der Waals surface area contributed by atoms with Crippen molar-refractivity contribution in [2.75, 3.05) is 17.8 Å². The van der Waals surface area contributed by atoms with E-state index in [1.165, 1.54) is 0 Å². The normalized spacial score (nSPS) is 10.7. The van der Waals surface area contributed by atoms with E-state index in [-0.39, 0.29) is 12.5 Å². The molecule has 0 atom stereocenters. The molecule has 0 aliphatic rings. The van der Waals surface area contributed by atoms with Crippen LogP contribution < -0.4 is 5.32 Å². The largest absolute Gasteiger partial charge is 0.448 e. The third-order valence-corrected chi connectivity index (χ3v) is 3.42. The van der Waals surface area contributed by atoms with E-state index in [0.717, 1.165) is 22.4 Å².